The third-order valence-electron chi connectivity index (χ3n) is 2.38. The van der Waals surface area contributed by atoms with E-state index in [4.69, 9.17) is 0 Å². The zero-order chi connectivity index (χ0) is 11.4. The molecule has 0 radical (unpaired) electrons. The monoisotopic (exact) mass is 213 g/mol. The molecule has 0 bridgehead atoms. The van der Waals surface area contributed by atoms with Gasteiger partial charge in [0.1, 0.15) is 6.04 Å². The van der Waals surface area contributed by atoms with Gasteiger partial charge in [-0.1, -0.05) is 0 Å². The van der Waals surface area contributed by atoms with Crippen LogP contribution < -0.4 is 16.0 Å². The molecule has 1 aliphatic rings. The molecule has 0 aromatic heterocycles. The predicted molar refractivity (Wildman–Crippen MR) is 52.8 cm³/mol. The highest BCUT2D eigenvalue weighted by molar-refractivity contribution is 6.01. The smallest absolute Gasteiger partial charge is 0.249 e. The second-order valence-electron chi connectivity index (χ2n) is 3.52. The van der Waals surface area contributed by atoms with Gasteiger partial charge in [-0.3, -0.25) is 19.7 Å². The maximum Gasteiger partial charge on any atom is 0.249 e. The molecule has 1 saturated heterocycles. The average Bonchev–Trinajstić information content (AvgIpc) is 2.20. The fourth-order valence-corrected chi connectivity index (χ4v) is 1.26. The molecular formula is C9H15N3O3. The minimum atomic E-state index is -0.592. The molecule has 2 atom stereocenters. The number of carbonyl (C=O) groups excluding carboxylic acids is 3. The number of hydrogen-bond donors (Lipinski definition) is 3. The molecule has 0 spiro atoms. The molecule has 0 aromatic rings. The van der Waals surface area contributed by atoms with Gasteiger partial charge in [-0.25, -0.2) is 0 Å². The summed E-state index contributed by atoms with van der Waals surface area (Å²) in [5.41, 5.74) is 0. The molecule has 15 heavy (non-hydrogen) atoms. The molecule has 84 valence electrons. The van der Waals surface area contributed by atoms with Gasteiger partial charge in [0.2, 0.25) is 17.7 Å². The van der Waals surface area contributed by atoms with Gasteiger partial charge in [-0.2, -0.15) is 0 Å². The Morgan fingerprint density at radius 2 is 2.20 bits per heavy atom. The van der Waals surface area contributed by atoms with E-state index in [1.165, 1.54) is 0 Å². The van der Waals surface area contributed by atoms with E-state index in [1.54, 1.807) is 14.0 Å². The summed E-state index contributed by atoms with van der Waals surface area (Å²) in [6, 6.07) is -0.943. The van der Waals surface area contributed by atoms with Crippen molar-refractivity contribution < 1.29 is 14.4 Å². The lowest BCUT2D eigenvalue weighted by Gasteiger charge is -2.23. The first kappa shape index (κ1) is 11.6. The summed E-state index contributed by atoms with van der Waals surface area (Å²) in [4.78, 5) is 33.6. The van der Waals surface area contributed by atoms with Gasteiger partial charge in [0.15, 0.2) is 0 Å². The quantitative estimate of drug-likeness (QED) is 0.499. The Balaban J connectivity index is 2.48. The Morgan fingerprint density at radius 3 is 2.73 bits per heavy atom. The van der Waals surface area contributed by atoms with Crippen LogP contribution in [0.1, 0.15) is 19.8 Å². The zero-order valence-corrected chi connectivity index (χ0v) is 8.79. The second-order valence-corrected chi connectivity index (χ2v) is 3.52. The van der Waals surface area contributed by atoms with Gasteiger partial charge >= 0.3 is 0 Å². The van der Waals surface area contributed by atoms with Crippen LogP contribution in [0.2, 0.25) is 0 Å². The SMILES string of the molecule is CNC(C)C(=O)NC1CCC(=O)NC1=O. The highest BCUT2D eigenvalue weighted by atomic mass is 16.2. The molecule has 0 saturated carbocycles. The molecule has 1 heterocycles. The van der Waals surface area contributed by atoms with Crippen molar-refractivity contribution in [2.24, 2.45) is 0 Å². The van der Waals surface area contributed by atoms with Gasteiger partial charge < -0.3 is 10.6 Å². The number of carbonyl (C=O) groups is 3. The lowest BCUT2D eigenvalue weighted by atomic mass is 10.1. The molecule has 0 aliphatic carbocycles. The topological polar surface area (TPSA) is 87.3 Å². The van der Waals surface area contributed by atoms with Gasteiger partial charge in [0.25, 0.3) is 0 Å². The van der Waals surface area contributed by atoms with Crippen molar-refractivity contribution in [1.82, 2.24) is 16.0 Å². The Hall–Kier alpha value is -1.43. The van der Waals surface area contributed by atoms with Crippen LogP contribution in [-0.4, -0.2) is 36.9 Å². The van der Waals surface area contributed by atoms with Crippen LogP contribution in [0.4, 0.5) is 0 Å². The Morgan fingerprint density at radius 1 is 1.53 bits per heavy atom. The Labute approximate surface area is 87.8 Å². The van der Waals surface area contributed by atoms with Crippen molar-refractivity contribution in [3.8, 4) is 0 Å². The lowest BCUT2D eigenvalue weighted by molar-refractivity contribution is -0.137. The van der Waals surface area contributed by atoms with Gasteiger partial charge in [0.05, 0.1) is 6.04 Å². The summed E-state index contributed by atoms with van der Waals surface area (Å²) in [6.07, 6.45) is 0.636. The molecule has 2 unspecified atom stereocenters. The summed E-state index contributed by atoms with van der Waals surface area (Å²) in [5, 5.41) is 7.52. The van der Waals surface area contributed by atoms with Crippen molar-refractivity contribution in [2.45, 2.75) is 31.8 Å². The fourth-order valence-electron chi connectivity index (χ4n) is 1.26. The first-order valence-corrected chi connectivity index (χ1v) is 4.86. The standard InChI is InChI=1S/C9H15N3O3/c1-5(10-2)8(14)11-6-3-4-7(13)12-9(6)15/h5-6,10H,3-4H2,1-2H3,(H,11,14)(H,12,13,15). The van der Waals surface area contributed by atoms with E-state index in [-0.39, 0.29) is 24.3 Å². The zero-order valence-electron chi connectivity index (χ0n) is 8.79. The van der Waals surface area contributed by atoms with Gasteiger partial charge in [-0.15, -0.1) is 0 Å². The largest absolute Gasteiger partial charge is 0.343 e. The van der Waals surface area contributed by atoms with Crippen LogP contribution in [0.5, 0.6) is 0 Å². The van der Waals surface area contributed by atoms with Crippen molar-refractivity contribution in [1.29, 1.82) is 0 Å². The minimum Gasteiger partial charge on any atom is -0.343 e. The van der Waals surface area contributed by atoms with Gasteiger partial charge in [0, 0.05) is 6.42 Å². The van der Waals surface area contributed by atoms with E-state index in [1.807, 2.05) is 0 Å². The Kier molecular flexibility index (Phi) is 3.79. The molecule has 1 fully saturated rings. The summed E-state index contributed by atoms with van der Waals surface area (Å²) in [7, 11) is 1.66. The predicted octanol–water partition coefficient (Wildman–Crippen LogP) is -1.48. The molecule has 6 heteroatoms. The lowest BCUT2D eigenvalue weighted by Crippen LogP contribution is -2.55. The van der Waals surface area contributed by atoms with Crippen LogP contribution in [0.25, 0.3) is 0 Å². The third-order valence-corrected chi connectivity index (χ3v) is 2.38. The summed E-state index contributed by atoms with van der Waals surface area (Å²) in [6.45, 7) is 1.70. The first-order chi connectivity index (χ1) is 7.04. The van der Waals surface area contributed by atoms with Crippen LogP contribution in [0, 0.1) is 0 Å². The highest BCUT2D eigenvalue weighted by Crippen LogP contribution is 2.04. The van der Waals surface area contributed by atoms with Crippen molar-refractivity contribution in [3.63, 3.8) is 0 Å². The summed E-state index contributed by atoms with van der Waals surface area (Å²) < 4.78 is 0. The summed E-state index contributed by atoms with van der Waals surface area (Å²) in [5.74, 6) is -0.956. The number of hydrogen-bond acceptors (Lipinski definition) is 4. The third kappa shape index (κ3) is 3.02. The number of amides is 3. The fraction of sp³-hybridized carbons (Fsp3) is 0.667. The first-order valence-electron chi connectivity index (χ1n) is 4.86. The van der Waals surface area contributed by atoms with Crippen LogP contribution in [-0.2, 0) is 14.4 Å². The number of rotatable bonds is 3. The van der Waals surface area contributed by atoms with E-state index in [0.717, 1.165) is 0 Å². The van der Waals surface area contributed by atoms with Crippen molar-refractivity contribution in [2.75, 3.05) is 7.05 Å². The number of imide groups is 1. The normalized spacial score (nSPS) is 23.2. The van der Waals surface area contributed by atoms with Crippen molar-refractivity contribution in [3.05, 3.63) is 0 Å². The van der Waals surface area contributed by atoms with Gasteiger partial charge in [-0.05, 0) is 20.4 Å². The molecule has 3 amide bonds. The van der Waals surface area contributed by atoms with Crippen LogP contribution >= 0.6 is 0 Å². The molecule has 0 aromatic carbocycles. The number of piperidine rings is 1. The average molecular weight is 213 g/mol. The van der Waals surface area contributed by atoms with E-state index < -0.39 is 11.9 Å². The molecular weight excluding hydrogens is 198 g/mol. The summed E-state index contributed by atoms with van der Waals surface area (Å²) >= 11 is 0. The van der Waals surface area contributed by atoms with Crippen LogP contribution in [0.3, 0.4) is 0 Å². The highest BCUT2D eigenvalue weighted by Gasteiger charge is 2.28. The number of likely N-dealkylation sites (N-methyl/N-ethyl adjacent to an activating group) is 1. The molecule has 1 rings (SSSR count). The maximum atomic E-state index is 11.4. The maximum absolute atomic E-state index is 11.4. The minimum absolute atomic E-state index is 0.244. The van der Waals surface area contributed by atoms with E-state index in [0.29, 0.717) is 6.42 Å². The van der Waals surface area contributed by atoms with E-state index >= 15 is 0 Å². The molecule has 3 N–H and O–H groups in total. The second kappa shape index (κ2) is 4.88. The Bertz CT molecular complexity index is 290. The van der Waals surface area contributed by atoms with Crippen molar-refractivity contribution >= 4 is 17.7 Å². The number of nitrogens with one attached hydrogen (secondary N) is 3. The molecule has 6 nitrogen and oxygen atoms in total. The van der Waals surface area contributed by atoms with Crippen LogP contribution in [0.15, 0.2) is 0 Å². The molecule has 1 aliphatic heterocycles. The van der Waals surface area contributed by atoms with E-state index in [9.17, 15) is 14.4 Å². The van der Waals surface area contributed by atoms with E-state index in [2.05, 4.69) is 16.0 Å².